The van der Waals surface area contributed by atoms with Gasteiger partial charge >= 0.3 is 6.61 Å². The molecule has 0 saturated heterocycles. The Labute approximate surface area is 94.2 Å². The van der Waals surface area contributed by atoms with Gasteiger partial charge in [-0.05, 0) is 19.1 Å². The molecule has 1 aromatic carbocycles. The molecule has 0 fully saturated rings. The van der Waals surface area contributed by atoms with E-state index in [-0.39, 0.29) is 5.56 Å². The van der Waals surface area contributed by atoms with Gasteiger partial charge in [0, 0.05) is 5.69 Å². The van der Waals surface area contributed by atoms with Crippen LogP contribution in [0.15, 0.2) is 12.1 Å². The number of nitrogen functional groups attached to an aromatic ring is 1. The fourth-order valence-electron chi connectivity index (χ4n) is 1.33. The number of carbonyl (C=O) groups is 1. The Morgan fingerprint density at radius 1 is 1.29 bits per heavy atom. The summed E-state index contributed by atoms with van der Waals surface area (Å²) in [4.78, 5) is 11.1. The van der Waals surface area contributed by atoms with E-state index in [1.165, 1.54) is 0 Å². The number of Topliss-reactive ketones (excluding diaryl/α,β-unsaturated/α-hetero) is 1. The van der Waals surface area contributed by atoms with Gasteiger partial charge in [0.25, 0.3) is 6.43 Å². The molecule has 0 aliphatic rings. The average molecular weight is 251 g/mol. The van der Waals surface area contributed by atoms with Crippen LogP contribution in [0, 0.1) is 0 Å². The third kappa shape index (κ3) is 2.86. The van der Waals surface area contributed by atoms with Crippen LogP contribution in [0.2, 0.25) is 0 Å². The van der Waals surface area contributed by atoms with Crippen LogP contribution < -0.4 is 10.5 Å². The molecule has 0 unspecified atom stereocenters. The van der Waals surface area contributed by atoms with Crippen molar-refractivity contribution in [2.24, 2.45) is 0 Å². The average Bonchev–Trinajstić information content (AvgIpc) is 2.15. The van der Waals surface area contributed by atoms with E-state index in [4.69, 9.17) is 5.73 Å². The molecule has 0 heterocycles. The quantitative estimate of drug-likeness (QED) is 0.508. The van der Waals surface area contributed by atoms with Crippen LogP contribution in [0.5, 0.6) is 5.75 Å². The summed E-state index contributed by atoms with van der Waals surface area (Å²) in [6.45, 7) is -2.26. The van der Waals surface area contributed by atoms with Gasteiger partial charge in [0.2, 0.25) is 0 Å². The Hall–Kier alpha value is -1.79. The standard InChI is InChI=1S/C10H9F4NO2/c1-4(16)5-2-3-6(15)7(9(11)12)8(5)17-10(13)14/h2-3,9-10H,15H2,1H3. The van der Waals surface area contributed by atoms with Gasteiger partial charge in [-0.15, -0.1) is 0 Å². The summed E-state index contributed by atoms with van der Waals surface area (Å²) in [5.41, 5.74) is 3.61. The second kappa shape index (κ2) is 5.03. The number of ketones is 1. The van der Waals surface area contributed by atoms with Gasteiger partial charge in [0.15, 0.2) is 5.78 Å². The zero-order valence-electron chi connectivity index (χ0n) is 8.72. The molecule has 1 rings (SSSR count). The third-order valence-electron chi connectivity index (χ3n) is 2.03. The lowest BCUT2D eigenvalue weighted by Crippen LogP contribution is -2.11. The minimum Gasteiger partial charge on any atom is -0.433 e. The maximum Gasteiger partial charge on any atom is 0.387 e. The first-order valence-electron chi connectivity index (χ1n) is 4.50. The van der Waals surface area contributed by atoms with Crippen molar-refractivity contribution in [3.8, 4) is 5.75 Å². The highest BCUT2D eigenvalue weighted by molar-refractivity contribution is 5.98. The summed E-state index contributed by atoms with van der Waals surface area (Å²) in [7, 11) is 0. The van der Waals surface area contributed by atoms with Crippen LogP contribution in [0.3, 0.4) is 0 Å². The predicted molar refractivity (Wildman–Crippen MR) is 52.4 cm³/mol. The van der Waals surface area contributed by atoms with Crippen molar-refractivity contribution in [3.63, 3.8) is 0 Å². The van der Waals surface area contributed by atoms with Crippen molar-refractivity contribution in [1.82, 2.24) is 0 Å². The number of anilines is 1. The van der Waals surface area contributed by atoms with Crippen LogP contribution in [0.25, 0.3) is 0 Å². The first-order chi connectivity index (χ1) is 7.84. The molecular formula is C10H9F4NO2. The van der Waals surface area contributed by atoms with E-state index < -0.39 is 35.8 Å². The molecule has 17 heavy (non-hydrogen) atoms. The van der Waals surface area contributed by atoms with Crippen LogP contribution in [0.1, 0.15) is 29.3 Å². The number of benzene rings is 1. The maximum absolute atomic E-state index is 12.7. The highest BCUT2D eigenvalue weighted by atomic mass is 19.3. The molecule has 0 amide bonds. The van der Waals surface area contributed by atoms with Crippen molar-refractivity contribution in [2.45, 2.75) is 20.0 Å². The number of carbonyl (C=O) groups excluding carboxylic acids is 1. The molecule has 0 bridgehead atoms. The smallest absolute Gasteiger partial charge is 0.387 e. The van der Waals surface area contributed by atoms with E-state index in [1.54, 1.807) is 0 Å². The minimum absolute atomic E-state index is 0.352. The van der Waals surface area contributed by atoms with Crippen LogP contribution >= 0.6 is 0 Å². The van der Waals surface area contributed by atoms with Crippen LogP contribution in [-0.2, 0) is 0 Å². The molecule has 7 heteroatoms. The molecule has 0 atom stereocenters. The summed E-state index contributed by atoms with van der Waals surface area (Å²) >= 11 is 0. The van der Waals surface area contributed by atoms with Crippen molar-refractivity contribution < 1.29 is 27.1 Å². The predicted octanol–water partition coefficient (Wildman–Crippen LogP) is 3.01. The zero-order chi connectivity index (χ0) is 13.2. The largest absolute Gasteiger partial charge is 0.433 e. The SMILES string of the molecule is CC(=O)c1ccc(N)c(C(F)F)c1OC(F)F. The zero-order valence-corrected chi connectivity index (χ0v) is 8.72. The fraction of sp³-hybridized carbons (Fsp3) is 0.300. The number of ether oxygens (including phenoxy) is 1. The van der Waals surface area contributed by atoms with Crippen molar-refractivity contribution in [1.29, 1.82) is 0 Å². The van der Waals surface area contributed by atoms with E-state index >= 15 is 0 Å². The molecule has 0 aliphatic heterocycles. The molecule has 0 saturated carbocycles. The van der Waals surface area contributed by atoms with E-state index in [1.807, 2.05) is 0 Å². The highest BCUT2D eigenvalue weighted by Gasteiger charge is 2.25. The summed E-state index contributed by atoms with van der Waals surface area (Å²) < 4.78 is 53.5. The Kier molecular flexibility index (Phi) is 3.93. The second-order valence-corrected chi connectivity index (χ2v) is 3.18. The van der Waals surface area contributed by atoms with Gasteiger partial charge < -0.3 is 10.5 Å². The van der Waals surface area contributed by atoms with E-state index in [0.29, 0.717) is 0 Å². The Balaban J connectivity index is 3.44. The topological polar surface area (TPSA) is 52.3 Å². The highest BCUT2D eigenvalue weighted by Crippen LogP contribution is 2.37. The monoisotopic (exact) mass is 251 g/mol. The van der Waals surface area contributed by atoms with E-state index in [0.717, 1.165) is 19.1 Å². The van der Waals surface area contributed by atoms with Gasteiger partial charge in [0.1, 0.15) is 5.75 Å². The lowest BCUT2D eigenvalue weighted by Gasteiger charge is -2.15. The minimum atomic E-state index is -3.31. The molecule has 3 nitrogen and oxygen atoms in total. The van der Waals surface area contributed by atoms with Crippen LogP contribution in [-0.4, -0.2) is 12.4 Å². The molecule has 0 aliphatic carbocycles. The summed E-state index contributed by atoms with van der Waals surface area (Å²) in [6, 6.07) is 2.12. The number of hydrogen-bond donors (Lipinski definition) is 1. The lowest BCUT2D eigenvalue weighted by atomic mass is 10.0. The Morgan fingerprint density at radius 3 is 2.29 bits per heavy atom. The molecule has 0 aromatic heterocycles. The van der Waals surface area contributed by atoms with Crippen LogP contribution in [0.4, 0.5) is 23.2 Å². The summed E-state index contributed by atoms with van der Waals surface area (Å²) in [5.74, 6) is -1.52. The normalized spacial score (nSPS) is 11.0. The molecule has 2 N–H and O–H groups in total. The molecule has 1 aromatic rings. The van der Waals surface area contributed by atoms with Gasteiger partial charge in [-0.3, -0.25) is 4.79 Å². The lowest BCUT2D eigenvalue weighted by molar-refractivity contribution is -0.0521. The number of alkyl halides is 4. The fourth-order valence-corrected chi connectivity index (χ4v) is 1.33. The first kappa shape index (κ1) is 13.3. The maximum atomic E-state index is 12.7. The molecular weight excluding hydrogens is 242 g/mol. The van der Waals surface area contributed by atoms with E-state index in [2.05, 4.69) is 4.74 Å². The van der Waals surface area contributed by atoms with Crippen molar-refractivity contribution in [2.75, 3.05) is 5.73 Å². The van der Waals surface area contributed by atoms with Gasteiger partial charge in [0.05, 0.1) is 11.1 Å². The number of halogens is 4. The van der Waals surface area contributed by atoms with Gasteiger partial charge in [-0.1, -0.05) is 0 Å². The van der Waals surface area contributed by atoms with Crippen molar-refractivity contribution >= 4 is 11.5 Å². The van der Waals surface area contributed by atoms with E-state index in [9.17, 15) is 22.4 Å². The second-order valence-electron chi connectivity index (χ2n) is 3.18. The Morgan fingerprint density at radius 2 is 1.88 bits per heavy atom. The number of nitrogens with two attached hydrogens (primary N) is 1. The Bertz CT molecular complexity index is 435. The molecule has 0 radical (unpaired) electrons. The molecule has 0 spiro atoms. The van der Waals surface area contributed by atoms with Gasteiger partial charge in [-0.2, -0.15) is 8.78 Å². The summed E-state index contributed by atoms with van der Waals surface area (Å²) in [6.07, 6.45) is -3.11. The van der Waals surface area contributed by atoms with Crippen molar-refractivity contribution in [3.05, 3.63) is 23.3 Å². The summed E-state index contributed by atoms with van der Waals surface area (Å²) in [5, 5.41) is 0. The molecule has 94 valence electrons. The number of hydrogen-bond acceptors (Lipinski definition) is 3. The first-order valence-corrected chi connectivity index (χ1v) is 4.50. The third-order valence-corrected chi connectivity index (χ3v) is 2.03. The van der Waals surface area contributed by atoms with Gasteiger partial charge in [-0.25, -0.2) is 8.78 Å². The number of rotatable bonds is 4.